The number of halogens is 1. The molecule has 0 aliphatic heterocycles. The number of nitrogens with one attached hydrogen (secondary N) is 1. The van der Waals surface area contributed by atoms with Crippen molar-refractivity contribution in [1.29, 1.82) is 0 Å². The lowest BCUT2D eigenvalue weighted by molar-refractivity contribution is 0.600. The Bertz CT molecular complexity index is 1610. The predicted molar refractivity (Wildman–Crippen MR) is 151 cm³/mol. The number of aromatic nitrogens is 2. The number of nitrogens with zero attached hydrogens (tertiary/aromatic N) is 3. The first-order valence-electron chi connectivity index (χ1n) is 12.7. The number of hydrogen-bond acceptors (Lipinski definition) is 5. The predicted octanol–water partition coefficient (Wildman–Crippen LogP) is 5.63. The molecule has 38 heavy (non-hydrogen) atoms. The van der Waals surface area contributed by atoms with Gasteiger partial charge in [-0.15, -0.1) is 0 Å². The lowest BCUT2D eigenvalue weighted by Crippen LogP contribution is -2.26. The van der Waals surface area contributed by atoms with Crippen LogP contribution in [0.3, 0.4) is 0 Å². The quantitative estimate of drug-likeness (QED) is 0.284. The highest BCUT2D eigenvalue weighted by Gasteiger charge is 2.22. The normalized spacial score (nSPS) is 11.6. The molecular weight excluding hydrogens is 503 g/mol. The Kier molecular flexibility index (Phi) is 8.16. The average Bonchev–Trinajstić information content (AvgIpc) is 2.87. The van der Waals surface area contributed by atoms with Gasteiger partial charge in [-0.05, 0) is 68.1 Å². The molecule has 0 amide bonds. The highest BCUT2D eigenvalue weighted by molar-refractivity contribution is 7.92. The van der Waals surface area contributed by atoms with E-state index in [0.29, 0.717) is 36.4 Å². The van der Waals surface area contributed by atoms with Crippen molar-refractivity contribution in [1.82, 2.24) is 9.55 Å². The van der Waals surface area contributed by atoms with Gasteiger partial charge in [0.15, 0.2) is 0 Å². The van der Waals surface area contributed by atoms with Gasteiger partial charge >= 0.3 is 0 Å². The van der Waals surface area contributed by atoms with Crippen LogP contribution in [0.15, 0.2) is 70.7 Å². The molecule has 2 aromatic heterocycles. The Morgan fingerprint density at radius 3 is 2.32 bits per heavy atom. The number of rotatable bonds is 10. The van der Waals surface area contributed by atoms with E-state index < -0.39 is 21.3 Å². The van der Waals surface area contributed by atoms with Crippen molar-refractivity contribution in [2.75, 3.05) is 22.7 Å². The monoisotopic (exact) mass is 536 g/mol. The standard InChI is InChI=1S/C29H33FN4O3S/c1-5-13-33(14-6-2)27-17-26-23(16-24(27)30)29(35)25(19-34(26)18-22-9-11-31-12-10-22)32-38(36,37)28-8-7-20(3)15-21(28)4/h7-12,15-17,19,32H,5-6,13-14,18H2,1-4H3. The van der Waals surface area contributed by atoms with E-state index in [2.05, 4.69) is 9.71 Å². The molecule has 0 bridgehead atoms. The lowest BCUT2D eigenvalue weighted by atomic mass is 10.1. The van der Waals surface area contributed by atoms with Crippen LogP contribution in [0.2, 0.25) is 0 Å². The maximum absolute atomic E-state index is 15.4. The molecule has 4 aromatic rings. The second-order valence-corrected chi connectivity index (χ2v) is 11.2. The minimum absolute atomic E-state index is 0.0829. The summed E-state index contributed by atoms with van der Waals surface area (Å²) in [7, 11) is -4.06. The first-order valence-corrected chi connectivity index (χ1v) is 14.2. The fraction of sp³-hybridized carbons (Fsp3) is 0.310. The molecule has 200 valence electrons. The molecule has 2 aromatic carbocycles. The van der Waals surface area contributed by atoms with Crippen LogP contribution in [0.1, 0.15) is 43.4 Å². The fourth-order valence-electron chi connectivity index (χ4n) is 4.72. The van der Waals surface area contributed by atoms with E-state index in [1.165, 1.54) is 18.3 Å². The van der Waals surface area contributed by atoms with E-state index in [1.54, 1.807) is 42.1 Å². The second kappa shape index (κ2) is 11.3. The minimum Gasteiger partial charge on any atom is -0.369 e. The second-order valence-electron chi connectivity index (χ2n) is 9.54. The highest BCUT2D eigenvalue weighted by atomic mass is 32.2. The Balaban J connectivity index is 1.90. The number of benzene rings is 2. The summed E-state index contributed by atoms with van der Waals surface area (Å²) in [4.78, 5) is 19.7. The number of aryl methyl sites for hydroxylation is 2. The van der Waals surface area contributed by atoms with Gasteiger partial charge in [0.2, 0.25) is 5.43 Å². The third-order valence-corrected chi connectivity index (χ3v) is 7.97. The maximum atomic E-state index is 15.4. The van der Waals surface area contributed by atoms with Crippen molar-refractivity contribution in [2.24, 2.45) is 0 Å². The Morgan fingerprint density at radius 2 is 1.68 bits per heavy atom. The summed E-state index contributed by atoms with van der Waals surface area (Å²) in [5, 5.41) is 0.106. The Morgan fingerprint density at radius 1 is 1.00 bits per heavy atom. The zero-order valence-corrected chi connectivity index (χ0v) is 23.0. The maximum Gasteiger partial charge on any atom is 0.262 e. The fourth-order valence-corrected chi connectivity index (χ4v) is 6.00. The largest absolute Gasteiger partial charge is 0.369 e. The van der Waals surface area contributed by atoms with Gasteiger partial charge < -0.3 is 9.47 Å². The molecule has 2 heterocycles. The molecule has 0 fully saturated rings. The van der Waals surface area contributed by atoms with Crippen molar-refractivity contribution in [3.05, 3.63) is 93.8 Å². The first-order chi connectivity index (χ1) is 18.1. The molecule has 0 aliphatic rings. The summed E-state index contributed by atoms with van der Waals surface area (Å²) in [6.07, 6.45) is 6.52. The molecule has 0 saturated carbocycles. The zero-order valence-electron chi connectivity index (χ0n) is 22.2. The minimum atomic E-state index is -4.06. The Labute approximate surface area is 223 Å². The zero-order chi connectivity index (χ0) is 27.4. The van der Waals surface area contributed by atoms with Crippen LogP contribution < -0.4 is 15.1 Å². The number of pyridine rings is 2. The van der Waals surface area contributed by atoms with E-state index in [9.17, 15) is 13.2 Å². The van der Waals surface area contributed by atoms with Crippen molar-refractivity contribution >= 4 is 32.3 Å². The number of anilines is 2. The average molecular weight is 537 g/mol. The van der Waals surface area contributed by atoms with Crippen molar-refractivity contribution in [2.45, 2.75) is 52.0 Å². The van der Waals surface area contributed by atoms with Gasteiger partial charge in [-0.25, -0.2) is 12.8 Å². The van der Waals surface area contributed by atoms with Crippen LogP contribution in [-0.4, -0.2) is 31.1 Å². The SMILES string of the molecule is CCCN(CCC)c1cc2c(cc1F)c(=O)c(NS(=O)(=O)c1ccc(C)cc1C)cn2Cc1ccncc1. The summed E-state index contributed by atoms with van der Waals surface area (Å²) >= 11 is 0. The molecule has 0 spiro atoms. The van der Waals surface area contributed by atoms with E-state index in [0.717, 1.165) is 24.0 Å². The van der Waals surface area contributed by atoms with E-state index in [-0.39, 0.29) is 16.0 Å². The molecule has 4 rings (SSSR count). The van der Waals surface area contributed by atoms with Gasteiger partial charge in [0, 0.05) is 38.2 Å². The molecule has 0 unspecified atom stereocenters. The number of sulfonamides is 1. The summed E-state index contributed by atoms with van der Waals surface area (Å²) in [6.45, 7) is 9.35. The van der Waals surface area contributed by atoms with Crippen molar-refractivity contribution in [3.8, 4) is 0 Å². The third-order valence-electron chi connectivity index (χ3n) is 6.44. The third kappa shape index (κ3) is 5.72. The van der Waals surface area contributed by atoms with Crippen molar-refractivity contribution < 1.29 is 12.8 Å². The summed E-state index contributed by atoms with van der Waals surface area (Å²) < 4.78 is 46.3. The van der Waals surface area contributed by atoms with Gasteiger partial charge in [0.25, 0.3) is 10.0 Å². The van der Waals surface area contributed by atoms with E-state index >= 15 is 4.39 Å². The summed E-state index contributed by atoms with van der Waals surface area (Å²) in [6, 6.07) is 11.6. The molecule has 0 radical (unpaired) electrons. The highest BCUT2D eigenvalue weighted by Crippen LogP contribution is 2.28. The number of hydrogen-bond donors (Lipinski definition) is 1. The van der Waals surface area contributed by atoms with Crippen LogP contribution in [0.25, 0.3) is 10.9 Å². The lowest BCUT2D eigenvalue weighted by Gasteiger charge is -2.25. The van der Waals surface area contributed by atoms with Crippen LogP contribution >= 0.6 is 0 Å². The molecule has 0 saturated heterocycles. The molecule has 0 atom stereocenters. The smallest absolute Gasteiger partial charge is 0.262 e. The van der Waals surface area contributed by atoms with Crippen LogP contribution in [-0.2, 0) is 16.6 Å². The van der Waals surface area contributed by atoms with Crippen LogP contribution in [0.4, 0.5) is 15.8 Å². The molecule has 0 aliphatic carbocycles. The molecule has 1 N–H and O–H groups in total. The molecule has 7 nitrogen and oxygen atoms in total. The van der Waals surface area contributed by atoms with Gasteiger partial charge in [-0.1, -0.05) is 31.5 Å². The first kappa shape index (κ1) is 27.3. The van der Waals surface area contributed by atoms with Crippen molar-refractivity contribution in [3.63, 3.8) is 0 Å². The van der Waals surface area contributed by atoms with Gasteiger partial charge in [-0.3, -0.25) is 14.5 Å². The summed E-state index contributed by atoms with van der Waals surface area (Å²) in [5.41, 5.74) is 2.62. The van der Waals surface area contributed by atoms with Gasteiger partial charge in [0.1, 0.15) is 11.5 Å². The summed E-state index contributed by atoms with van der Waals surface area (Å²) in [5.74, 6) is -0.513. The topological polar surface area (TPSA) is 84.3 Å². The number of fused-ring (bicyclic) bond motifs is 1. The van der Waals surface area contributed by atoms with E-state index in [1.807, 2.05) is 37.8 Å². The van der Waals surface area contributed by atoms with Crippen LogP contribution in [0, 0.1) is 19.7 Å². The van der Waals surface area contributed by atoms with Gasteiger partial charge in [-0.2, -0.15) is 0 Å². The van der Waals surface area contributed by atoms with E-state index in [4.69, 9.17) is 0 Å². The van der Waals surface area contributed by atoms with Gasteiger partial charge in [0.05, 0.1) is 21.5 Å². The van der Waals surface area contributed by atoms with Crippen LogP contribution in [0.5, 0.6) is 0 Å². The molecular formula is C29H33FN4O3S. The Hall–Kier alpha value is -3.72. The molecule has 9 heteroatoms.